The molecule has 144 valence electrons. The van der Waals surface area contributed by atoms with Crippen LogP contribution in [0.4, 0.5) is 18.9 Å². The van der Waals surface area contributed by atoms with Crippen molar-refractivity contribution in [3.05, 3.63) is 66.0 Å². The lowest BCUT2D eigenvalue weighted by molar-refractivity contribution is -0.141. The maximum absolute atomic E-state index is 12.8. The Kier molecular flexibility index (Phi) is 4.21. The fourth-order valence-electron chi connectivity index (χ4n) is 2.81. The molecule has 0 bridgehead atoms. The van der Waals surface area contributed by atoms with Crippen LogP contribution in [0.3, 0.4) is 0 Å². The van der Waals surface area contributed by atoms with E-state index in [1.807, 2.05) is 0 Å². The lowest BCUT2D eigenvalue weighted by Crippen LogP contribution is -2.26. The molecule has 0 aliphatic carbocycles. The van der Waals surface area contributed by atoms with Gasteiger partial charge in [-0.1, -0.05) is 6.07 Å². The molecule has 6 nitrogen and oxygen atoms in total. The molecule has 0 unspecified atom stereocenters. The van der Waals surface area contributed by atoms with Crippen LogP contribution in [0, 0.1) is 0 Å². The fraction of sp³-hybridized carbons (Fsp3) is 0.158. The first-order valence-electron chi connectivity index (χ1n) is 8.24. The van der Waals surface area contributed by atoms with Crippen LogP contribution in [0.1, 0.15) is 16.1 Å². The Hall–Kier alpha value is -3.49. The molecule has 3 aromatic rings. The minimum atomic E-state index is -4.53. The summed E-state index contributed by atoms with van der Waals surface area (Å²) in [6, 6.07) is 12.2. The molecule has 1 aromatic heterocycles. The van der Waals surface area contributed by atoms with Crippen LogP contribution in [0.25, 0.3) is 5.69 Å². The standard InChI is InChI=1S/C19H14F3N3O3/c1-24(13-5-6-15-16(10-13)28-11-27-15)18(26)12-3-2-4-14(9-12)25-8-7-17(23-25)19(20,21)22/h2-10H,11H2,1H3. The normalized spacial score (nSPS) is 12.9. The minimum absolute atomic E-state index is 0.127. The van der Waals surface area contributed by atoms with Crippen LogP contribution in [0.5, 0.6) is 11.5 Å². The summed E-state index contributed by atoms with van der Waals surface area (Å²) in [5.41, 5.74) is 0.252. The third-order valence-electron chi connectivity index (χ3n) is 4.29. The molecule has 0 N–H and O–H groups in total. The minimum Gasteiger partial charge on any atom is -0.454 e. The van der Waals surface area contributed by atoms with Gasteiger partial charge >= 0.3 is 6.18 Å². The number of rotatable bonds is 3. The monoisotopic (exact) mass is 389 g/mol. The summed E-state index contributed by atoms with van der Waals surface area (Å²) < 4.78 is 49.9. The molecule has 0 saturated heterocycles. The summed E-state index contributed by atoms with van der Waals surface area (Å²) in [6.45, 7) is 0.127. The van der Waals surface area contributed by atoms with E-state index in [1.165, 1.54) is 17.2 Å². The van der Waals surface area contributed by atoms with Gasteiger partial charge in [0.05, 0.1) is 5.69 Å². The van der Waals surface area contributed by atoms with Crippen LogP contribution < -0.4 is 14.4 Å². The molecule has 2 aromatic carbocycles. The van der Waals surface area contributed by atoms with Crippen molar-refractivity contribution in [3.63, 3.8) is 0 Å². The first-order valence-corrected chi connectivity index (χ1v) is 8.24. The number of carbonyl (C=O) groups is 1. The molecule has 1 amide bonds. The van der Waals surface area contributed by atoms with Gasteiger partial charge in [-0.05, 0) is 36.4 Å². The first-order chi connectivity index (χ1) is 13.3. The van der Waals surface area contributed by atoms with Gasteiger partial charge in [0.1, 0.15) is 0 Å². The highest BCUT2D eigenvalue weighted by Gasteiger charge is 2.33. The Morgan fingerprint density at radius 3 is 2.64 bits per heavy atom. The lowest BCUT2D eigenvalue weighted by atomic mass is 10.1. The molecule has 2 heterocycles. The Labute approximate surface area is 157 Å². The van der Waals surface area contributed by atoms with Crippen molar-refractivity contribution >= 4 is 11.6 Å². The summed E-state index contributed by atoms with van der Waals surface area (Å²) in [5.74, 6) is 0.816. The average molecular weight is 389 g/mol. The van der Waals surface area contributed by atoms with Crippen LogP contribution in [0.2, 0.25) is 0 Å². The van der Waals surface area contributed by atoms with Gasteiger partial charge in [-0.2, -0.15) is 18.3 Å². The maximum Gasteiger partial charge on any atom is 0.435 e. The smallest absolute Gasteiger partial charge is 0.435 e. The van der Waals surface area contributed by atoms with Crippen molar-refractivity contribution in [1.82, 2.24) is 9.78 Å². The van der Waals surface area contributed by atoms with Crippen molar-refractivity contribution in [1.29, 1.82) is 0 Å². The number of aromatic nitrogens is 2. The molecule has 4 rings (SSSR count). The van der Waals surface area contributed by atoms with E-state index in [4.69, 9.17) is 9.47 Å². The molecule has 0 spiro atoms. The average Bonchev–Trinajstić information content (AvgIpc) is 3.35. The number of anilines is 1. The fourth-order valence-corrected chi connectivity index (χ4v) is 2.81. The van der Waals surface area contributed by atoms with Crippen molar-refractivity contribution in [2.45, 2.75) is 6.18 Å². The van der Waals surface area contributed by atoms with Gasteiger partial charge in [-0.3, -0.25) is 4.79 Å². The van der Waals surface area contributed by atoms with Crippen molar-refractivity contribution in [2.24, 2.45) is 0 Å². The van der Waals surface area contributed by atoms with E-state index in [1.54, 1.807) is 43.4 Å². The van der Waals surface area contributed by atoms with Crippen molar-refractivity contribution in [2.75, 3.05) is 18.7 Å². The summed E-state index contributed by atoms with van der Waals surface area (Å²) in [6.07, 6.45) is -3.33. The number of hydrogen-bond donors (Lipinski definition) is 0. The molecule has 1 aliphatic heterocycles. The van der Waals surface area contributed by atoms with Gasteiger partial charge in [-0.15, -0.1) is 0 Å². The summed E-state index contributed by atoms with van der Waals surface area (Å²) in [5, 5.41) is 3.53. The van der Waals surface area contributed by atoms with Crippen LogP contribution in [-0.2, 0) is 6.18 Å². The molecular formula is C19H14F3N3O3. The van der Waals surface area contributed by atoms with E-state index in [0.717, 1.165) is 10.7 Å². The van der Waals surface area contributed by atoms with Crippen molar-refractivity contribution in [3.8, 4) is 17.2 Å². The van der Waals surface area contributed by atoms with E-state index in [2.05, 4.69) is 5.10 Å². The van der Waals surface area contributed by atoms with Gasteiger partial charge < -0.3 is 14.4 Å². The molecule has 0 saturated carbocycles. The molecule has 1 aliphatic rings. The van der Waals surface area contributed by atoms with E-state index in [-0.39, 0.29) is 12.7 Å². The Balaban J connectivity index is 1.60. The number of ether oxygens (including phenoxy) is 2. The van der Waals surface area contributed by atoms with Gasteiger partial charge in [-0.25, -0.2) is 4.68 Å². The zero-order chi connectivity index (χ0) is 19.9. The third-order valence-corrected chi connectivity index (χ3v) is 4.29. The maximum atomic E-state index is 12.8. The second-order valence-corrected chi connectivity index (χ2v) is 6.10. The third kappa shape index (κ3) is 3.26. The van der Waals surface area contributed by atoms with E-state index < -0.39 is 11.9 Å². The zero-order valence-electron chi connectivity index (χ0n) is 14.6. The summed E-state index contributed by atoms with van der Waals surface area (Å²) in [7, 11) is 1.60. The van der Waals surface area contributed by atoms with Crippen LogP contribution >= 0.6 is 0 Å². The zero-order valence-corrected chi connectivity index (χ0v) is 14.6. The Bertz CT molecular complexity index is 1050. The second-order valence-electron chi connectivity index (χ2n) is 6.10. The number of hydrogen-bond acceptors (Lipinski definition) is 4. The number of halogens is 3. The van der Waals surface area contributed by atoms with Gasteiger partial charge in [0.15, 0.2) is 17.2 Å². The predicted octanol–water partition coefficient (Wildman–Crippen LogP) is 3.90. The number of benzene rings is 2. The number of amides is 1. The summed E-state index contributed by atoms with van der Waals surface area (Å²) in [4.78, 5) is 14.3. The molecule has 0 atom stereocenters. The lowest BCUT2D eigenvalue weighted by Gasteiger charge is -2.18. The second kappa shape index (κ2) is 6.59. The van der Waals surface area contributed by atoms with E-state index in [9.17, 15) is 18.0 Å². The first kappa shape index (κ1) is 17.9. The van der Waals surface area contributed by atoms with E-state index in [0.29, 0.717) is 28.4 Å². The number of alkyl halides is 3. The topological polar surface area (TPSA) is 56.6 Å². The number of fused-ring (bicyclic) bond motifs is 1. The van der Waals surface area contributed by atoms with E-state index >= 15 is 0 Å². The van der Waals surface area contributed by atoms with Crippen LogP contribution in [0.15, 0.2) is 54.7 Å². The largest absolute Gasteiger partial charge is 0.454 e. The molecule has 0 radical (unpaired) electrons. The van der Waals surface area contributed by atoms with Crippen molar-refractivity contribution < 1.29 is 27.4 Å². The Morgan fingerprint density at radius 2 is 1.89 bits per heavy atom. The molecule has 9 heteroatoms. The highest BCUT2D eigenvalue weighted by atomic mass is 19.4. The van der Waals surface area contributed by atoms with Gasteiger partial charge in [0.2, 0.25) is 6.79 Å². The van der Waals surface area contributed by atoms with Gasteiger partial charge in [0, 0.05) is 30.6 Å². The quantitative estimate of drug-likeness (QED) is 0.682. The number of carbonyl (C=O) groups excluding carboxylic acids is 1. The van der Waals surface area contributed by atoms with Gasteiger partial charge in [0.25, 0.3) is 5.91 Å². The Morgan fingerprint density at radius 1 is 1.11 bits per heavy atom. The highest BCUT2D eigenvalue weighted by Crippen LogP contribution is 2.35. The molecular weight excluding hydrogens is 375 g/mol. The summed E-state index contributed by atoms with van der Waals surface area (Å²) >= 11 is 0. The predicted molar refractivity (Wildman–Crippen MR) is 93.9 cm³/mol. The number of nitrogens with zero attached hydrogens (tertiary/aromatic N) is 3. The van der Waals surface area contributed by atoms with Crippen LogP contribution in [-0.4, -0.2) is 29.5 Å². The molecule has 0 fully saturated rings. The SMILES string of the molecule is CN(C(=O)c1cccc(-n2ccc(C(F)(F)F)n2)c1)c1ccc2c(c1)OCO2. The highest BCUT2D eigenvalue weighted by molar-refractivity contribution is 6.06. The molecule has 28 heavy (non-hydrogen) atoms.